The summed E-state index contributed by atoms with van der Waals surface area (Å²) in [6.07, 6.45) is 3.71. The fourth-order valence-electron chi connectivity index (χ4n) is 3.15. The van der Waals surface area contributed by atoms with Gasteiger partial charge >= 0.3 is 5.97 Å². The number of carbonyl (C=O) groups excluding carboxylic acids is 1. The van der Waals surface area contributed by atoms with Gasteiger partial charge in [-0.25, -0.2) is 9.78 Å². The number of rotatable bonds is 5. The summed E-state index contributed by atoms with van der Waals surface area (Å²) in [6, 6.07) is 6.93. The van der Waals surface area contributed by atoms with Crippen molar-refractivity contribution in [2.24, 2.45) is 7.05 Å². The second-order valence-electron chi connectivity index (χ2n) is 6.35. The Morgan fingerprint density at radius 1 is 1.15 bits per heavy atom. The van der Waals surface area contributed by atoms with Crippen molar-refractivity contribution < 1.29 is 14.7 Å². The normalized spacial score (nSPS) is 15.0. The quantitative estimate of drug-likeness (QED) is 0.864. The van der Waals surface area contributed by atoms with Gasteiger partial charge in [-0.15, -0.1) is 0 Å². The zero-order chi connectivity index (χ0) is 18.5. The third-order valence-electron chi connectivity index (χ3n) is 4.64. The lowest BCUT2D eigenvalue weighted by molar-refractivity contribution is -0.130. The van der Waals surface area contributed by atoms with Crippen LogP contribution in [0.15, 0.2) is 30.5 Å². The number of aryl methyl sites for hydroxylation is 2. The van der Waals surface area contributed by atoms with Gasteiger partial charge in [-0.2, -0.15) is 5.10 Å². The Hall–Kier alpha value is -2.90. The molecule has 1 amide bonds. The van der Waals surface area contributed by atoms with Gasteiger partial charge in [-0.1, -0.05) is 6.07 Å². The molecule has 1 N–H and O–H groups in total. The van der Waals surface area contributed by atoms with E-state index in [2.05, 4.69) is 10.1 Å². The van der Waals surface area contributed by atoms with Crippen LogP contribution in [-0.4, -0.2) is 62.8 Å². The molecule has 26 heavy (non-hydrogen) atoms. The van der Waals surface area contributed by atoms with Crippen molar-refractivity contribution in [1.82, 2.24) is 19.7 Å². The smallest absolute Gasteiger partial charge is 0.354 e. The molecule has 0 radical (unpaired) electrons. The van der Waals surface area contributed by atoms with Crippen molar-refractivity contribution in [3.05, 3.63) is 41.9 Å². The van der Waals surface area contributed by atoms with Gasteiger partial charge in [0.2, 0.25) is 5.91 Å². The Labute approximate surface area is 152 Å². The molecule has 0 bridgehead atoms. The van der Waals surface area contributed by atoms with Crippen LogP contribution >= 0.6 is 0 Å². The Bertz CT molecular complexity index is 789. The molecule has 0 unspecified atom stereocenters. The van der Waals surface area contributed by atoms with Crippen molar-refractivity contribution in [3.8, 4) is 0 Å². The van der Waals surface area contributed by atoms with Crippen molar-refractivity contribution in [2.45, 2.75) is 19.3 Å². The van der Waals surface area contributed by atoms with Crippen LogP contribution in [0.25, 0.3) is 0 Å². The molecule has 2 aromatic heterocycles. The van der Waals surface area contributed by atoms with Crippen LogP contribution in [0.5, 0.6) is 0 Å². The Kier molecular flexibility index (Phi) is 5.50. The number of nitrogens with zero attached hydrogens (tertiary/aromatic N) is 5. The zero-order valence-corrected chi connectivity index (χ0v) is 14.8. The van der Waals surface area contributed by atoms with Gasteiger partial charge < -0.3 is 14.9 Å². The molecular formula is C18H23N5O3. The third kappa shape index (κ3) is 4.19. The summed E-state index contributed by atoms with van der Waals surface area (Å²) in [4.78, 5) is 31.8. The molecule has 0 aliphatic carbocycles. The summed E-state index contributed by atoms with van der Waals surface area (Å²) in [6.45, 7) is 2.72. The van der Waals surface area contributed by atoms with Gasteiger partial charge in [0.1, 0.15) is 5.82 Å². The number of aromatic nitrogens is 3. The zero-order valence-electron chi connectivity index (χ0n) is 14.8. The first-order valence-electron chi connectivity index (χ1n) is 8.74. The summed E-state index contributed by atoms with van der Waals surface area (Å²) < 4.78 is 1.79. The molecule has 0 aromatic carbocycles. The SMILES string of the molecule is Cn1nccc1CCC(=O)N1CCCN(c2cccc(C(=O)O)n2)CC1. The van der Waals surface area contributed by atoms with E-state index >= 15 is 0 Å². The summed E-state index contributed by atoms with van der Waals surface area (Å²) in [5.74, 6) is -0.247. The standard InChI is InChI=1S/C18H23N5O3/c1-21-14(8-9-19-21)6-7-17(24)23-11-3-10-22(12-13-23)16-5-2-4-15(20-16)18(25)26/h2,4-5,8-9H,3,6-7,10-13H2,1H3,(H,25,26). The lowest BCUT2D eigenvalue weighted by Gasteiger charge is -2.23. The predicted molar refractivity (Wildman–Crippen MR) is 96.1 cm³/mol. The first kappa shape index (κ1) is 17.9. The molecule has 1 saturated heterocycles. The van der Waals surface area contributed by atoms with Gasteiger partial charge in [0.15, 0.2) is 5.69 Å². The highest BCUT2D eigenvalue weighted by molar-refractivity contribution is 5.85. The lowest BCUT2D eigenvalue weighted by atomic mass is 10.2. The van der Waals surface area contributed by atoms with E-state index in [0.29, 0.717) is 38.3 Å². The second-order valence-corrected chi connectivity index (χ2v) is 6.35. The van der Waals surface area contributed by atoms with Crippen molar-refractivity contribution in [2.75, 3.05) is 31.1 Å². The summed E-state index contributed by atoms with van der Waals surface area (Å²) >= 11 is 0. The van der Waals surface area contributed by atoms with E-state index in [1.54, 1.807) is 16.9 Å². The Morgan fingerprint density at radius 3 is 2.73 bits per heavy atom. The molecule has 0 atom stereocenters. The van der Waals surface area contributed by atoms with Crippen LogP contribution in [0.3, 0.4) is 0 Å². The minimum Gasteiger partial charge on any atom is -0.477 e. The highest BCUT2D eigenvalue weighted by atomic mass is 16.4. The van der Waals surface area contributed by atoms with Crippen molar-refractivity contribution in [1.29, 1.82) is 0 Å². The molecule has 0 spiro atoms. The van der Waals surface area contributed by atoms with E-state index in [9.17, 15) is 9.59 Å². The number of pyridine rings is 1. The van der Waals surface area contributed by atoms with Crippen LogP contribution in [0.2, 0.25) is 0 Å². The third-order valence-corrected chi connectivity index (χ3v) is 4.64. The van der Waals surface area contributed by atoms with Crippen molar-refractivity contribution in [3.63, 3.8) is 0 Å². The lowest BCUT2D eigenvalue weighted by Crippen LogP contribution is -2.35. The highest BCUT2D eigenvalue weighted by Gasteiger charge is 2.20. The average Bonchev–Trinajstić information content (AvgIpc) is 2.90. The number of anilines is 1. The van der Waals surface area contributed by atoms with E-state index in [0.717, 1.165) is 18.7 Å². The maximum atomic E-state index is 12.5. The first-order chi connectivity index (χ1) is 12.5. The molecule has 0 saturated carbocycles. The molecule has 8 heteroatoms. The van der Waals surface area contributed by atoms with E-state index in [1.807, 2.05) is 29.0 Å². The van der Waals surface area contributed by atoms with Crippen LogP contribution in [0.4, 0.5) is 5.82 Å². The second kappa shape index (κ2) is 7.99. The van der Waals surface area contributed by atoms with Gasteiger partial charge in [0.05, 0.1) is 0 Å². The number of carbonyl (C=O) groups is 2. The van der Waals surface area contributed by atoms with Crippen LogP contribution in [0, 0.1) is 0 Å². The summed E-state index contributed by atoms with van der Waals surface area (Å²) in [5.41, 5.74) is 1.08. The minimum absolute atomic E-state index is 0.0378. The maximum Gasteiger partial charge on any atom is 0.354 e. The molecule has 8 nitrogen and oxygen atoms in total. The number of hydrogen-bond donors (Lipinski definition) is 1. The summed E-state index contributed by atoms with van der Waals surface area (Å²) in [5, 5.41) is 13.2. The monoisotopic (exact) mass is 357 g/mol. The number of carboxylic acids is 1. The van der Waals surface area contributed by atoms with Crippen LogP contribution in [-0.2, 0) is 18.3 Å². The van der Waals surface area contributed by atoms with Crippen molar-refractivity contribution >= 4 is 17.7 Å². The number of hydrogen-bond acceptors (Lipinski definition) is 5. The number of amides is 1. The molecule has 3 rings (SSSR count). The van der Waals surface area contributed by atoms with E-state index < -0.39 is 5.97 Å². The predicted octanol–water partition coefficient (Wildman–Crippen LogP) is 1.18. The van der Waals surface area contributed by atoms with Gasteiger partial charge in [-0.3, -0.25) is 9.48 Å². The van der Waals surface area contributed by atoms with Crippen LogP contribution < -0.4 is 4.90 Å². The molecule has 138 valence electrons. The highest BCUT2D eigenvalue weighted by Crippen LogP contribution is 2.15. The minimum atomic E-state index is -1.03. The molecule has 2 aromatic rings. The number of carboxylic acid groups (broad SMARTS) is 1. The van der Waals surface area contributed by atoms with Crippen LogP contribution in [0.1, 0.15) is 29.0 Å². The molecule has 1 aliphatic heterocycles. The topological polar surface area (TPSA) is 91.6 Å². The largest absolute Gasteiger partial charge is 0.477 e. The average molecular weight is 357 g/mol. The fourth-order valence-corrected chi connectivity index (χ4v) is 3.15. The maximum absolute atomic E-state index is 12.5. The van der Waals surface area contributed by atoms with E-state index in [-0.39, 0.29) is 11.6 Å². The first-order valence-corrected chi connectivity index (χ1v) is 8.74. The van der Waals surface area contributed by atoms with E-state index in [4.69, 9.17) is 5.11 Å². The van der Waals surface area contributed by atoms with Gasteiger partial charge in [0, 0.05) is 51.5 Å². The number of aromatic carboxylic acids is 1. The van der Waals surface area contributed by atoms with E-state index in [1.165, 1.54) is 6.07 Å². The Morgan fingerprint density at radius 2 is 2.00 bits per heavy atom. The molecule has 1 fully saturated rings. The summed E-state index contributed by atoms with van der Waals surface area (Å²) in [7, 11) is 1.88. The molecule has 3 heterocycles. The molecule has 1 aliphatic rings. The fraction of sp³-hybridized carbons (Fsp3) is 0.444. The molecular weight excluding hydrogens is 334 g/mol. The van der Waals surface area contributed by atoms with Gasteiger partial charge in [0.25, 0.3) is 0 Å². The van der Waals surface area contributed by atoms with Gasteiger partial charge in [-0.05, 0) is 31.0 Å². The Balaban J connectivity index is 1.57.